The summed E-state index contributed by atoms with van der Waals surface area (Å²) in [4.78, 5) is 26.1. The number of hydrogen-bond acceptors (Lipinski definition) is 4. The fourth-order valence-corrected chi connectivity index (χ4v) is 1.15. The highest BCUT2D eigenvalue weighted by Gasteiger charge is 2.11. The van der Waals surface area contributed by atoms with E-state index in [1.807, 2.05) is 6.92 Å². The monoisotopic (exact) mass is 196 g/mol. The Kier molecular flexibility index (Phi) is 2.85. The van der Waals surface area contributed by atoms with Crippen molar-refractivity contribution in [2.24, 2.45) is 5.73 Å². The van der Waals surface area contributed by atoms with E-state index in [1.165, 1.54) is 10.6 Å². The van der Waals surface area contributed by atoms with E-state index in [0.717, 1.165) is 0 Å². The highest BCUT2D eigenvalue weighted by molar-refractivity contribution is 5.89. The predicted molar refractivity (Wildman–Crippen MR) is 51.7 cm³/mol. The first-order valence-electron chi connectivity index (χ1n) is 4.23. The third-order valence-corrected chi connectivity index (χ3v) is 1.70. The molecule has 1 aromatic heterocycles. The quantitative estimate of drug-likeness (QED) is 0.669. The van der Waals surface area contributed by atoms with Crippen LogP contribution in [0.5, 0.6) is 0 Å². The van der Waals surface area contributed by atoms with Gasteiger partial charge in [-0.1, -0.05) is 6.92 Å². The highest BCUT2D eigenvalue weighted by atomic mass is 16.2. The predicted octanol–water partition coefficient (Wildman–Crippen LogP) is -0.666. The maximum Gasteiger partial charge on any atom is 0.284 e. The van der Waals surface area contributed by atoms with Crippen molar-refractivity contribution < 1.29 is 4.79 Å². The first-order valence-corrected chi connectivity index (χ1v) is 4.23. The lowest BCUT2D eigenvalue weighted by Gasteiger charge is -2.07. The summed E-state index contributed by atoms with van der Waals surface area (Å²) in [5, 5.41) is 0. The number of nitrogens with zero attached hydrogens (tertiary/aromatic N) is 2. The lowest BCUT2D eigenvalue weighted by molar-refractivity contribution is 0.0984. The minimum Gasteiger partial charge on any atom is -0.383 e. The molecule has 0 aliphatic rings. The third kappa shape index (κ3) is 1.90. The Balaban J connectivity index is 3.36. The maximum atomic E-state index is 11.4. The number of amides is 1. The molecule has 0 unspecified atom stereocenters. The molecule has 6 nitrogen and oxygen atoms in total. The molecule has 1 heterocycles. The number of anilines is 1. The molecule has 1 amide bonds. The minimum atomic E-state index is -0.747. The van der Waals surface area contributed by atoms with Crippen LogP contribution in [0.25, 0.3) is 0 Å². The number of nitrogen functional groups attached to an aromatic ring is 1. The Hall–Kier alpha value is -1.85. The van der Waals surface area contributed by atoms with Gasteiger partial charge in [-0.15, -0.1) is 0 Å². The average molecular weight is 196 g/mol. The second-order valence-electron chi connectivity index (χ2n) is 2.86. The Morgan fingerprint density at radius 3 is 2.79 bits per heavy atom. The van der Waals surface area contributed by atoms with Crippen molar-refractivity contribution in [3.63, 3.8) is 0 Å². The molecule has 0 fully saturated rings. The molecule has 0 saturated heterocycles. The van der Waals surface area contributed by atoms with Crippen molar-refractivity contribution in [1.29, 1.82) is 0 Å². The van der Waals surface area contributed by atoms with E-state index in [2.05, 4.69) is 4.98 Å². The molecule has 1 aromatic rings. The van der Waals surface area contributed by atoms with E-state index >= 15 is 0 Å². The van der Waals surface area contributed by atoms with Crippen LogP contribution in [0.4, 0.5) is 5.82 Å². The summed E-state index contributed by atoms with van der Waals surface area (Å²) in [6.07, 6.45) is 0.714. The fraction of sp³-hybridized carbons (Fsp3) is 0.375. The van der Waals surface area contributed by atoms with E-state index in [0.29, 0.717) is 13.0 Å². The molecular weight excluding hydrogens is 184 g/mol. The zero-order valence-corrected chi connectivity index (χ0v) is 7.86. The number of carbonyl (C=O) groups is 1. The van der Waals surface area contributed by atoms with Crippen molar-refractivity contribution in [1.82, 2.24) is 9.55 Å². The number of rotatable bonds is 3. The summed E-state index contributed by atoms with van der Waals surface area (Å²) >= 11 is 0. The Labute approximate surface area is 80.5 Å². The molecule has 0 saturated carbocycles. The summed E-state index contributed by atoms with van der Waals surface area (Å²) in [7, 11) is 0. The topological polar surface area (TPSA) is 104 Å². The molecule has 0 aromatic carbocycles. The molecule has 6 heteroatoms. The second kappa shape index (κ2) is 3.91. The van der Waals surface area contributed by atoms with Crippen LogP contribution in [0.1, 0.15) is 24.0 Å². The van der Waals surface area contributed by atoms with Crippen LogP contribution in [0.3, 0.4) is 0 Å². The van der Waals surface area contributed by atoms with E-state index in [1.54, 1.807) is 0 Å². The second-order valence-corrected chi connectivity index (χ2v) is 2.86. The number of carbonyl (C=O) groups excluding carboxylic acids is 1. The Morgan fingerprint density at radius 1 is 1.64 bits per heavy atom. The van der Waals surface area contributed by atoms with Gasteiger partial charge in [-0.2, -0.15) is 0 Å². The lowest BCUT2D eigenvalue weighted by atomic mass is 10.4. The van der Waals surface area contributed by atoms with E-state index in [4.69, 9.17) is 11.5 Å². The first-order chi connectivity index (χ1) is 6.56. The van der Waals surface area contributed by atoms with Gasteiger partial charge in [-0.05, 0) is 6.42 Å². The van der Waals surface area contributed by atoms with Gasteiger partial charge in [0.15, 0.2) is 0 Å². The van der Waals surface area contributed by atoms with Gasteiger partial charge in [0, 0.05) is 12.6 Å². The lowest BCUT2D eigenvalue weighted by Crippen LogP contribution is -2.30. The smallest absolute Gasteiger partial charge is 0.284 e. The molecule has 1 rings (SSSR count). The summed E-state index contributed by atoms with van der Waals surface area (Å²) in [5.41, 5.74) is 10.0. The minimum absolute atomic E-state index is 0.0103. The highest BCUT2D eigenvalue weighted by Crippen LogP contribution is 1.97. The van der Waals surface area contributed by atoms with Gasteiger partial charge in [-0.3, -0.25) is 14.2 Å². The Bertz CT molecular complexity index is 410. The van der Waals surface area contributed by atoms with Crippen LogP contribution in [0, 0.1) is 0 Å². The van der Waals surface area contributed by atoms with Gasteiger partial charge in [-0.25, -0.2) is 4.98 Å². The van der Waals surface area contributed by atoms with Crippen LogP contribution in [-0.2, 0) is 6.54 Å². The van der Waals surface area contributed by atoms with E-state index in [-0.39, 0.29) is 17.2 Å². The van der Waals surface area contributed by atoms with Gasteiger partial charge >= 0.3 is 0 Å². The normalized spacial score (nSPS) is 10.1. The van der Waals surface area contributed by atoms with Crippen molar-refractivity contribution in [3.8, 4) is 0 Å². The third-order valence-electron chi connectivity index (χ3n) is 1.70. The molecular formula is C8H12N4O2. The molecule has 0 aliphatic heterocycles. The van der Waals surface area contributed by atoms with Crippen molar-refractivity contribution in [3.05, 3.63) is 22.2 Å². The summed E-state index contributed by atoms with van der Waals surface area (Å²) in [5.74, 6) is -0.823. The molecule has 0 radical (unpaired) electrons. The van der Waals surface area contributed by atoms with Crippen LogP contribution >= 0.6 is 0 Å². The first kappa shape index (κ1) is 10.2. The van der Waals surface area contributed by atoms with Crippen molar-refractivity contribution >= 4 is 11.7 Å². The van der Waals surface area contributed by atoms with E-state index < -0.39 is 5.91 Å². The van der Waals surface area contributed by atoms with Gasteiger partial charge in [0.25, 0.3) is 11.5 Å². The molecule has 76 valence electrons. The summed E-state index contributed by atoms with van der Waals surface area (Å²) < 4.78 is 1.22. The standard InChI is InChI=1S/C8H12N4O2/c1-2-3-12-6(13)4-5(9)11-8(12)7(10)14/h4H,2-3,9H2,1H3,(H2,10,14). The van der Waals surface area contributed by atoms with Gasteiger partial charge < -0.3 is 11.5 Å². The van der Waals surface area contributed by atoms with Crippen molar-refractivity contribution in [2.75, 3.05) is 5.73 Å². The molecule has 14 heavy (non-hydrogen) atoms. The number of nitrogens with two attached hydrogens (primary N) is 2. The van der Waals surface area contributed by atoms with E-state index in [9.17, 15) is 9.59 Å². The maximum absolute atomic E-state index is 11.4. The number of primary amides is 1. The largest absolute Gasteiger partial charge is 0.383 e. The molecule has 0 aliphatic carbocycles. The molecule has 0 spiro atoms. The Morgan fingerprint density at radius 2 is 2.29 bits per heavy atom. The SMILES string of the molecule is CCCn1c(C(N)=O)nc(N)cc1=O. The zero-order valence-electron chi connectivity index (χ0n) is 7.86. The number of hydrogen-bond donors (Lipinski definition) is 2. The van der Waals surface area contributed by atoms with Crippen LogP contribution in [0.15, 0.2) is 10.9 Å². The summed E-state index contributed by atoms with van der Waals surface area (Å²) in [6, 6.07) is 1.17. The molecule has 0 bridgehead atoms. The fourth-order valence-electron chi connectivity index (χ4n) is 1.15. The zero-order chi connectivity index (χ0) is 10.7. The van der Waals surface area contributed by atoms with Crippen LogP contribution < -0.4 is 17.0 Å². The summed E-state index contributed by atoms with van der Waals surface area (Å²) in [6.45, 7) is 2.29. The molecule has 4 N–H and O–H groups in total. The van der Waals surface area contributed by atoms with Gasteiger partial charge in [0.1, 0.15) is 5.82 Å². The van der Waals surface area contributed by atoms with Gasteiger partial charge in [0.2, 0.25) is 5.82 Å². The van der Waals surface area contributed by atoms with Crippen LogP contribution in [0.2, 0.25) is 0 Å². The van der Waals surface area contributed by atoms with Crippen molar-refractivity contribution in [2.45, 2.75) is 19.9 Å². The van der Waals surface area contributed by atoms with Gasteiger partial charge in [0.05, 0.1) is 0 Å². The average Bonchev–Trinajstić information content (AvgIpc) is 2.09. The van der Waals surface area contributed by atoms with Crippen LogP contribution in [-0.4, -0.2) is 15.5 Å². The number of aromatic nitrogens is 2. The molecule has 0 atom stereocenters.